The van der Waals surface area contributed by atoms with Gasteiger partial charge in [0.25, 0.3) is 5.91 Å². The van der Waals surface area contributed by atoms with E-state index in [1.54, 1.807) is 23.1 Å². The zero-order chi connectivity index (χ0) is 23.7. The Hall–Kier alpha value is -2.64. The van der Waals surface area contributed by atoms with Gasteiger partial charge in [-0.25, -0.2) is 0 Å². The molecule has 1 aromatic heterocycles. The van der Waals surface area contributed by atoms with Gasteiger partial charge in [0.15, 0.2) is 5.43 Å². The van der Waals surface area contributed by atoms with Gasteiger partial charge >= 0.3 is 0 Å². The van der Waals surface area contributed by atoms with Crippen LogP contribution in [0.1, 0.15) is 66.8 Å². The minimum atomic E-state index is -0.527. The van der Waals surface area contributed by atoms with Crippen LogP contribution in [0.5, 0.6) is 5.75 Å². The van der Waals surface area contributed by atoms with Crippen molar-refractivity contribution in [1.82, 2.24) is 4.90 Å². The Kier molecular flexibility index (Phi) is 6.75. The Morgan fingerprint density at radius 3 is 2.68 bits per heavy atom. The molecule has 0 radical (unpaired) electrons. The number of benzene rings is 2. The van der Waals surface area contributed by atoms with Crippen LogP contribution in [0.3, 0.4) is 0 Å². The van der Waals surface area contributed by atoms with Crippen molar-refractivity contribution in [3.8, 4) is 5.75 Å². The lowest BCUT2D eigenvalue weighted by atomic mass is 9.98. The van der Waals surface area contributed by atoms with E-state index in [1.165, 1.54) is 0 Å². The van der Waals surface area contributed by atoms with Gasteiger partial charge in [-0.3, -0.25) is 9.59 Å². The summed E-state index contributed by atoms with van der Waals surface area (Å²) in [6, 6.07) is 12.4. The molecule has 2 atom stereocenters. The first-order valence-electron chi connectivity index (χ1n) is 12.0. The number of amides is 1. The van der Waals surface area contributed by atoms with Crippen LogP contribution in [0.25, 0.3) is 11.0 Å². The molecule has 2 aromatic carbocycles. The van der Waals surface area contributed by atoms with Crippen LogP contribution in [-0.2, 0) is 4.74 Å². The van der Waals surface area contributed by atoms with Crippen molar-refractivity contribution >= 4 is 32.8 Å². The maximum absolute atomic E-state index is 13.6. The highest BCUT2D eigenvalue weighted by atomic mass is 79.9. The second-order valence-electron chi connectivity index (χ2n) is 8.93. The van der Waals surface area contributed by atoms with Gasteiger partial charge in [0.05, 0.1) is 29.7 Å². The molecular weight excluding hydrogens is 498 g/mol. The largest absolute Gasteiger partial charge is 0.494 e. The smallest absolute Gasteiger partial charge is 0.291 e. The fraction of sp³-hybridized carbons (Fsp3) is 0.407. The van der Waals surface area contributed by atoms with Gasteiger partial charge in [-0.1, -0.05) is 47.8 Å². The van der Waals surface area contributed by atoms with Gasteiger partial charge in [-0.2, -0.15) is 0 Å². The average Bonchev–Trinajstić information content (AvgIpc) is 3.45. The Labute approximate surface area is 207 Å². The molecule has 5 rings (SSSR count). The van der Waals surface area contributed by atoms with Gasteiger partial charge in [0.2, 0.25) is 5.76 Å². The SMILES string of the molecule is CCCCCOc1ccc(C2c3c(oc4ccc(Br)cc4c3=O)C(=O)N2CC2CCCO2)cc1. The molecule has 2 aliphatic rings. The Morgan fingerprint density at radius 1 is 1.12 bits per heavy atom. The molecule has 1 amide bonds. The average molecular weight is 526 g/mol. The second-order valence-corrected chi connectivity index (χ2v) is 9.85. The lowest BCUT2D eigenvalue weighted by Gasteiger charge is -2.27. The number of carbonyl (C=O) groups excluding carboxylic acids is 1. The van der Waals surface area contributed by atoms with E-state index in [4.69, 9.17) is 13.9 Å². The molecule has 0 aliphatic carbocycles. The monoisotopic (exact) mass is 525 g/mol. The van der Waals surface area contributed by atoms with E-state index in [1.807, 2.05) is 24.3 Å². The number of halogens is 1. The number of nitrogens with zero attached hydrogens (tertiary/aromatic N) is 1. The first kappa shape index (κ1) is 23.1. The molecule has 34 heavy (non-hydrogen) atoms. The summed E-state index contributed by atoms with van der Waals surface area (Å²) in [7, 11) is 0. The van der Waals surface area contributed by atoms with Gasteiger partial charge in [0.1, 0.15) is 11.3 Å². The predicted octanol–water partition coefficient (Wildman–Crippen LogP) is 5.85. The lowest BCUT2D eigenvalue weighted by molar-refractivity contribution is 0.0486. The van der Waals surface area contributed by atoms with Crippen molar-refractivity contribution in [2.45, 2.75) is 51.2 Å². The third kappa shape index (κ3) is 4.39. The molecule has 0 saturated carbocycles. The molecule has 0 N–H and O–H groups in total. The van der Waals surface area contributed by atoms with Crippen molar-refractivity contribution in [2.24, 2.45) is 0 Å². The number of fused-ring (bicyclic) bond motifs is 2. The summed E-state index contributed by atoms with van der Waals surface area (Å²) in [5.41, 5.74) is 1.48. The summed E-state index contributed by atoms with van der Waals surface area (Å²) < 4.78 is 18.5. The van der Waals surface area contributed by atoms with E-state index >= 15 is 0 Å². The fourth-order valence-electron chi connectivity index (χ4n) is 4.82. The second kappa shape index (κ2) is 9.92. The molecule has 2 aliphatic heterocycles. The number of hydrogen-bond acceptors (Lipinski definition) is 5. The van der Waals surface area contributed by atoms with Gasteiger partial charge in [-0.15, -0.1) is 0 Å². The molecule has 0 bridgehead atoms. The number of hydrogen-bond donors (Lipinski definition) is 0. The molecular formula is C27H28BrNO5. The zero-order valence-electron chi connectivity index (χ0n) is 19.2. The first-order valence-corrected chi connectivity index (χ1v) is 12.8. The molecule has 3 heterocycles. The summed E-state index contributed by atoms with van der Waals surface area (Å²) in [5, 5.41) is 0.459. The summed E-state index contributed by atoms with van der Waals surface area (Å²) in [4.78, 5) is 28.9. The molecule has 1 fully saturated rings. The Balaban J connectivity index is 1.54. The molecule has 7 heteroatoms. The van der Waals surface area contributed by atoms with Crippen molar-refractivity contribution in [3.63, 3.8) is 0 Å². The third-order valence-electron chi connectivity index (χ3n) is 6.56. The summed E-state index contributed by atoms with van der Waals surface area (Å²) in [6.07, 6.45) is 5.13. The van der Waals surface area contributed by atoms with Crippen LogP contribution >= 0.6 is 15.9 Å². The minimum Gasteiger partial charge on any atom is -0.494 e. The highest BCUT2D eigenvalue weighted by molar-refractivity contribution is 9.10. The third-order valence-corrected chi connectivity index (χ3v) is 7.06. The zero-order valence-corrected chi connectivity index (χ0v) is 20.8. The van der Waals surface area contributed by atoms with E-state index in [0.717, 1.165) is 47.9 Å². The summed E-state index contributed by atoms with van der Waals surface area (Å²) >= 11 is 3.44. The van der Waals surface area contributed by atoms with E-state index in [-0.39, 0.29) is 23.2 Å². The van der Waals surface area contributed by atoms with Crippen molar-refractivity contribution in [3.05, 3.63) is 74.0 Å². The van der Waals surface area contributed by atoms with E-state index < -0.39 is 6.04 Å². The molecule has 2 unspecified atom stereocenters. The standard InChI is InChI=1S/C27H28BrNO5/c1-2-3-4-13-32-19-10-7-17(8-11-19)24-23-25(30)21-15-18(28)9-12-22(21)34-26(23)27(31)29(24)16-20-6-5-14-33-20/h7-12,15,20,24H,2-6,13-14,16H2,1H3. The summed E-state index contributed by atoms with van der Waals surface area (Å²) in [5.74, 6) is 0.643. The van der Waals surface area contributed by atoms with Gasteiger partial charge in [-0.05, 0) is 55.2 Å². The first-order chi connectivity index (χ1) is 16.6. The van der Waals surface area contributed by atoms with Gasteiger partial charge < -0.3 is 18.8 Å². The highest BCUT2D eigenvalue weighted by Crippen LogP contribution is 2.39. The predicted molar refractivity (Wildman–Crippen MR) is 133 cm³/mol. The molecule has 6 nitrogen and oxygen atoms in total. The quantitative estimate of drug-likeness (QED) is 0.345. The number of rotatable bonds is 8. The van der Waals surface area contributed by atoms with Crippen LogP contribution in [-0.4, -0.2) is 36.7 Å². The van der Waals surface area contributed by atoms with Crippen LogP contribution < -0.4 is 10.2 Å². The summed E-state index contributed by atoms with van der Waals surface area (Å²) in [6.45, 7) is 3.95. The molecule has 3 aromatic rings. The van der Waals surface area contributed by atoms with Crippen LogP contribution in [0.15, 0.2) is 56.1 Å². The van der Waals surface area contributed by atoms with Crippen molar-refractivity contribution in [1.29, 1.82) is 0 Å². The van der Waals surface area contributed by atoms with E-state index in [2.05, 4.69) is 22.9 Å². The molecule has 178 valence electrons. The highest BCUT2D eigenvalue weighted by Gasteiger charge is 2.43. The number of unbranched alkanes of at least 4 members (excludes halogenated alkanes) is 2. The lowest BCUT2D eigenvalue weighted by Crippen LogP contribution is -2.36. The Bertz CT molecular complexity index is 1250. The van der Waals surface area contributed by atoms with Crippen molar-refractivity contribution in [2.75, 3.05) is 19.8 Å². The topological polar surface area (TPSA) is 69.0 Å². The minimum absolute atomic E-state index is 0.0411. The maximum atomic E-state index is 13.6. The normalized spacial score (nSPS) is 19.7. The fourth-order valence-corrected chi connectivity index (χ4v) is 5.18. The van der Waals surface area contributed by atoms with E-state index in [0.29, 0.717) is 36.3 Å². The van der Waals surface area contributed by atoms with Crippen LogP contribution in [0, 0.1) is 0 Å². The van der Waals surface area contributed by atoms with E-state index in [9.17, 15) is 9.59 Å². The Morgan fingerprint density at radius 2 is 1.94 bits per heavy atom. The van der Waals surface area contributed by atoms with Crippen LogP contribution in [0.4, 0.5) is 0 Å². The maximum Gasteiger partial charge on any atom is 0.291 e. The molecule has 1 saturated heterocycles. The van der Waals surface area contributed by atoms with Gasteiger partial charge in [0, 0.05) is 17.6 Å². The molecule has 0 spiro atoms. The number of ether oxygens (including phenoxy) is 2. The van der Waals surface area contributed by atoms with Crippen molar-refractivity contribution < 1.29 is 18.7 Å². The number of carbonyl (C=O) groups is 1. The van der Waals surface area contributed by atoms with Crippen LogP contribution in [0.2, 0.25) is 0 Å².